The van der Waals surface area contributed by atoms with Crippen molar-refractivity contribution in [2.45, 2.75) is 27.1 Å². The number of nitrogens with one attached hydrogen (secondary N) is 2. The third kappa shape index (κ3) is 7.96. The van der Waals surface area contributed by atoms with E-state index in [0.29, 0.717) is 25.5 Å². The van der Waals surface area contributed by atoms with Gasteiger partial charge < -0.3 is 20.1 Å². The average molecular weight is 216 g/mol. The van der Waals surface area contributed by atoms with Crippen LogP contribution in [0.5, 0.6) is 0 Å². The van der Waals surface area contributed by atoms with Crippen molar-refractivity contribution < 1.29 is 14.3 Å². The number of amides is 2. The number of urea groups is 1. The fraction of sp³-hybridized carbons (Fsp3) is 0.700. The molecule has 0 aliphatic rings. The summed E-state index contributed by atoms with van der Waals surface area (Å²) in [6.45, 7) is 10.4. The molecule has 0 rings (SSSR count). The minimum Gasteiger partial charge on any atom is -0.351 e. The lowest BCUT2D eigenvalue weighted by molar-refractivity contribution is -0.131. The summed E-state index contributed by atoms with van der Waals surface area (Å²) in [5.41, 5.74) is 0.594. The number of ether oxygens (including phenoxy) is 2. The Balaban J connectivity index is 3.77. The molecule has 0 aromatic rings. The highest BCUT2D eigenvalue weighted by molar-refractivity contribution is 5.75. The van der Waals surface area contributed by atoms with E-state index in [1.54, 1.807) is 6.92 Å². The second kappa shape index (κ2) is 8.26. The van der Waals surface area contributed by atoms with Crippen molar-refractivity contribution >= 4 is 6.03 Å². The van der Waals surface area contributed by atoms with Gasteiger partial charge in [-0.3, -0.25) is 0 Å². The summed E-state index contributed by atoms with van der Waals surface area (Å²) in [4.78, 5) is 11.2. The smallest absolute Gasteiger partial charge is 0.319 e. The molecule has 0 atom stereocenters. The molecule has 0 heterocycles. The minimum absolute atomic E-state index is 0.299. The average Bonchev–Trinajstić information content (AvgIpc) is 2.14. The van der Waals surface area contributed by atoms with Gasteiger partial charge in [0, 0.05) is 18.9 Å². The van der Waals surface area contributed by atoms with Crippen LogP contribution in [0.1, 0.15) is 20.8 Å². The van der Waals surface area contributed by atoms with Gasteiger partial charge in [0.15, 0.2) is 6.29 Å². The Hall–Kier alpha value is -1.07. The van der Waals surface area contributed by atoms with Gasteiger partial charge in [0.25, 0.3) is 0 Å². The second-order valence-electron chi connectivity index (χ2n) is 2.96. The van der Waals surface area contributed by atoms with Crippen LogP contribution in [0.15, 0.2) is 12.3 Å². The van der Waals surface area contributed by atoms with Gasteiger partial charge in [-0.25, -0.2) is 4.79 Å². The van der Waals surface area contributed by atoms with Gasteiger partial charge in [0.05, 0.1) is 6.54 Å². The molecule has 0 aromatic heterocycles. The van der Waals surface area contributed by atoms with Crippen molar-refractivity contribution in [1.82, 2.24) is 10.6 Å². The molecule has 0 radical (unpaired) electrons. The largest absolute Gasteiger partial charge is 0.351 e. The van der Waals surface area contributed by atoms with Crippen LogP contribution in [0.4, 0.5) is 4.79 Å². The topological polar surface area (TPSA) is 59.6 Å². The number of hydrogen-bond acceptors (Lipinski definition) is 3. The summed E-state index contributed by atoms with van der Waals surface area (Å²) in [7, 11) is 0. The summed E-state index contributed by atoms with van der Waals surface area (Å²) in [6, 6.07) is -0.299. The number of carbonyl (C=O) groups excluding carboxylic acids is 1. The van der Waals surface area contributed by atoms with Gasteiger partial charge in [-0.1, -0.05) is 6.58 Å². The molecular weight excluding hydrogens is 196 g/mol. The van der Waals surface area contributed by atoms with E-state index in [2.05, 4.69) is 17.2 Å². The van der Waals surface area contributed by atoms with Gasteiger partial charge in [-0.05, 0) is 20.8 Å². The second-order valence-corrected chi connectivity index (χ2v) is 2.96. The predicted molar refractivity (Wildman–Crippen MR) is 58.4 cm³/mol. The molecule has 0 spiro atoms. The van der Waals surface area contributed by atoms with Crippen LogP contribution in [0, 0.1) is 0 Å². The van der Waals surface area contributed by atoms with Crippen molar-refractivity contribution in [3.05, 3.63) is 12.3 Å². The Bertz CT molecular complexity index is 201. The molecule has 0 aliphatic heterocycles. The first-order valence-corrected chi connectivity index (χ1v) is 5.03. The highest BCUT2D eigenvalue weighted by Crippen LogP contribution is 1.93. The van der Waals surface area contributed by atoms with E-state index in [9.17, 15) is 4.79 Å². The molecule has 0 aliphatic carbocycles. The molecule has 2 amide bonds. The van der Waals surface area contributed by atoms with E-state index >= 15 is 0 Å². The van der Waals surface area contributed by atoms with E-state index in [1.165, 1.54) is 0 Å². The summed E-state index contributed by atoms with van der Waals surface area (Å²) in [5.74, 6) is 0. The maximum Gasteiger partial charge on any atom is 0.319 e. The number of hydrogen-bond donors (Lipinski definition) is 2. The summed E-state index contributed by atoms with van der Waals surface area (Å²) in [6.07, 6.45) is -0.393. The molecule has 0 saturated heterocycles. The molecule has 88 valence electrons. The van der Waals surface area contributed by atoms with Crippen molar-refractivity contribution in [1.29, 1.82) is 0 Å². The third-order valence-electron chi connectivity index (χ3n) is 1.46. The standard InChI is InChI=1S/C10H20N2O3/c1-5-14-9(15-6-2)7-11-10(13)12-8(3)4/h9H,3,5-7H2,1-2,4H3,(H2,11,12,13). The zero-order valence-electron chi connectivity index (χ0n) is 9.63. The highest BCUT2D eigenvalue weighted by atomic mass is 16.7. The maximum absolute atomic E-state index is 11.2. The zero-order valence-corrected chi connectivity index (χ0v) is 9.63. The SMILES string of the molecule is C=C(C)NC(=O)NCC(OCC)OCC. The lowest BCUT2D eigenvalue weighted by Gasteiger charge is -2.17. The van der Waals surface area contributed by atoms with Crippen LogP contribution in [-0.4, -0.2) is 32.1 Å². The van der Waals surface area contributed by atoms with Gasteiger partial charge in [-0.2, -0.15) is 0 Å². The molecule has 2 N–H and O–H groups in total. The lowest BCUT2D eigenvalue weighted by Crippen LogP contribution is -2.40. The Labute approximate surface area is 90.8 Å². The quantitative estimate of drug-likeness (QED) is 0.629. The number of rotatable bonds is 7. The fourth-order valence-electron chi connectivity index (χ4n) is 0.952. The Kier molecular flexibility index (Phi) is 7.67. The van der Waals surface area contributed by atoms with Gasteiger partial charge in [0.2, 0.25) is 0 Å². The van der Waals surface area contributed by atoms with E-state index < -0.39 is 6.29 Å². The molecule has 5 heteroatoms. The van der Waals surface area contributed by atoms with E-state index in [1.807, 2.05) is 13.8 Å². The van der Waals surface area contributed by atoms with E-state index in [-0.39, 0.29) is 6.03 Å². The first-order chi connectivity index (χ1) is 7.10. The molecule has 0 saturated carbocycles. The molecule has 15 heavy (non-hydrogen) atoms. The first kappa shape index (κ1) is 13.9. The van der Waals surface area contributed by atoms with Gasteiger partial charge in [0.1, 0.15) is 0 Å². The number of allylic oxidation sites excluding steroid dienone is 1. The molecule has 0 fully saturated rings. The minimum atomic E-state index is -0.393. The fourth-order valence-corrected chi connectivity index (χ4v) is 0.952. The summed E-state index contributed by atoms with van der Waals surface area (Å²) >= 11 is 0. The van der Waals surface area contributed by atoms with Crippen molar-refractivity contribution in [2.75, 3.05) is 19.8 Å². The summed E-state index contributed by atoms with van der Waals surface area (Å²) in [5, 5.41) is 5.15. The van der Waals surface area contributed by atoms with E-state index in [0.717, 1.165) is 0 Å². The van der Waals surface area contributed by atoms with Crippen LogP contribution in [-0.2, 0) is 9.47 Å². The van der Waals surface area contributed by atoms with Crippen molar-refractivity contribution in [3.8, 4) is 0 Å². The monoisotopic (exact) mass is 216 g/mol. The van der Waals surface area contributed by atoms with E-state index in [4.69, 9.17) is 9.47 Å². The first-order valence-electron chi connectivity index (χ1n) is 5.03. The molecular formula is C10H20N2O3. The molecule has 5 nitrogen and oxygen atoms in total. The molecule has 0 unspecified atom stereocenters. The Morgan fingerprint density at radius 3 is 2.27 bits per heavy atom. The Morgan fingerprint density at radius 2 is 1.87 bits per heavy atom. The maximum atomic E-state index is 11.2. The van der Waals surface area contributed by atoms with Crippen molar-refractivity contribution in [2.24, 2.45) is 0 Å². The normalized spacial score (nSPS) is 10.1. The van der Waals surface area contributed by atoms with Crippen LogP contribution >= 0.6 is 0 Å². The number of carbonyl (C=O) groups is 1. The Morgan fingerprint density at radius 1 is 1.33 bits per heavy atom. The van der Waals surface area contributed by atoms with Crippen LogP contribution < -0.4 is 10.6 Å². The van der Waals surface area contributed by atoms with Crippen LogP contribution in [0.2, 0.25) is 0 Å². The predicted octanol–water partition coefficient (Wildman–Crippen LogP) is 1.22. The zero-order chi connectivity index (χ0) is 11.7. The van der Waals surface area contributed by atoms with Gasteiger partial charge >= 0.3 is 6.03 Å². The third-order valence-corrected chi connectivity index (χ3v) is 1.46. The van der Waals surface area contributed by atoms with Gasteiger partial charge in [-0.15, -0.1) is 0 Å². The van der Waals surface area contributed by atoms with Crippen LogP contribution in [0.25, 0.3) is 0 Å². The molecule has 0 bridgehead atoms. The van der Waals surface area contributed by atoms with Crippen LogP contribution in [0.3, 0.4) is 0 Å². The summed E-state index contributed by atoms with van der Waals surface area (Å²) < 4.78 is 10.5. The van der Waals surface area contributed by atoms with Crippen molar-refractivity contribution in [3.63, 3.8) is 0 Å². The highest BCUT2D eigenvalue weighted by Gasteiger charge is 2.09. The molecule has 0 aromatic carbocycles. The lowest BCUT2D eigenvalue weighted by atomic mass is 10.5.